The molecule has 3 heteroatoms. The molecular formula is C14H15N3. The lowest BCUT2D eigenvalue weighted by atomic mass is 10.2. The summed E-state index contributed by atoms with van der Waals surface area (Å²) in [5, 5.41) is 4.17. The number of pyridine rings is 1. The highest BCUT2D eigenvalue weighted by Gasteiger charge is 1.89. The lowest BCUT2D eigenvalue weighted by Gasteiger charge is -1.99. The number of hydrogen-bond acceptors (Lipinski definition) is 3. The zero-order chi connectivity index (χ0) is 11.9. The van der Waals surface area contributed by atoms with Crippen molar-refractivity contribution >= 4 is 6.21 Å². The second kappa shape index (κ2) is 5.80. The van der Waals surface area contributed by atoms with E-state index in [0.29, 0.717) is 6.54 Å². The Kier molecular flexibility index (Phi) is 3.86. The molecule has 1 heterocycles. The van der Waals surface area contributed by atoms with Gasteiger partial charge >= 0.3 is 0 Å². The third kappa shape index (κ3) is 3.72. The predicted molar refractivity (Wildman–Crippen MR) is 69.8 cm³/mol. The minimum absolute atomic E-state index is 0.713. The van der Waals surface area contributed by atoms with Gasteiger partial charge in [0.1, 0.15) is 0 Å². The number of nitrogens with zero attached hydrogens (tertiary/aromatic N) is 2. The lowest BCUT2D eigenvalue weighted by molar-refractivity contribution is 0.747. The molecule has 2 aromatic rings. The first-order valence-electron chi connectivity index (χ1n) is 5.56. The molecule has 1 aromatic carbocycles. The van der Waals surface area contributed by atoms with E-state index in [1.165, 1.54) is 11.1 Å². The summed E-state index contributed by atoms with van der Waals surface area (Å²) < 4.78 is 0. The molecule has 2 rings (SSSR count). The fraction of sp³-hybridized carbons (Fsp3) is 0.143. The summed E-state index contributed by atoms with van der Waals surface area (Å²) in [5.41, 5.74) is 6.53. The molecule has 1 aromatic heterocycles. The molecule has 0 unspecified atom stereocenters. The van der Waals surface area contributed by atoms with E-state index in [9.17, 15) is 0 Å². The molecule has 0 aliphatic rings. The highest BCUT2D eigenvalue weighted by molar-refractivity contribution is 5.79. The minimum Gasteiger partial charge on any atom is -0.306 e. The second-order valence-electron chi connectivity index (χ2n) is 3.86. The SMILES string of the molecule is Cc1ccc(C=NNCc2ccncc2)cc1. The summed E-state index contributed by atoms with van der Waals surface area (Å²) in [7, 11) is 0. The van der Waals surface area contributed by atoms with E-state index in [0.717, 1.165) is 5.56 Å². The van der Waals surface area contributed by atoms with Gasteiger partial charge in [0.15, 0.2) is 0 Å². The first kappa shape index (κ1) is 11.3. The molecule has 0 aliphatic carbocycles. The zero-order valence-electron chi connectivity index (χ0n) is 9.80. The summed E-state index contributed by atoms with van der Waals surface area (Å²) in [6, 6.07) is 12.2. The van der Waals surface area contributed by atoms with E-state index >= 15 is 0 Å². The van der Waals surface area contributed by atoms with Crippen molar-refractivity contribution in [2.24, 2.45) is 5.10 Å². The molecule has 0 saturated heterocycles. The van der Waals surface area contributed by atoms with Crippen LogP contribution in [0.5, 0.6) is 0 Å². The molecule has 0 fully saturated rings. The number of rotatable bonds is 4. The van der Waals surface area contributed by atoms with Crippen LogP contribution in [0.4, 0.5) is 0 Å². The molecule has 86 valence electrons. The highest BCUT2D eigenvalue weighted by atomic mass is 15.3. The van der Waals surface area contributed by atoms with Crippen molar-refractivity contribution in [2.45, 2.75) is 13.5 Å². The van der Waals surface area contributed by atoms with Crippen LogP contribution in [0.3, 0.4) is 0 Å². The van der Waals surface area contributed by atoms with Gasteiger partial charge in [-0.15, -0.1) is 0 Å². The Morgan fingerprint density at radius 1 is 1.12 bits per heavy atom. The first-order chi connectivity index (χ1) is 8.34. The quantitative estimate of drug-likeness (QED) is 0.641. The van der Waals surface area contributed by atoms with Crippen LogP contribution in [0.1, 0.15) is 16.7 Å². The van der Waals surface area contributed by atoms with Crippen molar-refractivity contribution in [3.05, 3.63) is 65.5 Å². The molecule has 0 spiro atoms. The van der Waals surface area contributed by atoms with E-state index < -0.39 is 0 Å². The van der Waals surface area contributed by atoms with Crippen molar-refractivity contribution in [2.75, 3.05) is 0 Å². The first-order valence-corrected chi connectivity index (χ1v) is 5.56. The van der Waals surface area contributed by atoms with Crippen LogP contribution in [-0.2, 0) is 6.54 Å². The molecular weight excluding hydrogens is 210 g/mol. The Bertz CT molecular complexity index is 475. The normalized spacial score (nSPS) is 10.6. The van der Waals surface area contributed by atoms with Gasteiger partial charge in [0.2, 0.25) is 0 Å². The van der Waals surface area contributed by atoms with Crippen LogP contribution in [0.25, 0.3) is 0 Å². The summed E-state index contributed by atoms with van der Waals surface area (Å²) in [6.45, 7) is 2.79. The van der Waals surface area contributed by atoms with Gasteiger partial charge in [-0.3, -0.25) is 4.98 Å². The Labute approximate surface area is 101 Å². The van der Waals surface area contributed by atoms with Crippen LogP contribution < -0.4 is 5.43 Å². The van der Waals surface area contributed by atoms with Crippen molar-refractivity contribution in [3.63, 3.8) is 0 Å². The van der Waals surface area contributed by atoms with Crippen LogP contribution in [0.15, 0.2) is 53.9 Å². The maximum atomic E-state index is 4.17. The summed E-state index contributed by atoms with van der Waals surface area (Å²) in [5.74, 6) is 0. The van der Waals surface area contributed by atoms with Crippen molar-refractivity contribution in [1.82, 2.24) is 10.4 Å². The Morgan fingerprint density at radius 2 is 1.82 bits per heavy atom. The number of hydrazone groups is 1. The Hall–Kier alpha value is -2.16. The van der Waals surface area contributed by atoms with Crippen LogP contribution >= 0.6 is 0 Å². The molecule has 0 aliphatic heterocycles. The van der Waals surface area contributed by atoms with Gasteiger partial charge in [-0.2, -0.15) is 5.10 Å². The molecule has 0 atom stereocenters. The van der Waals surface area contributed by atoms with Crippen molar-refractivity contribution < 1.29 is 0 Å². The number of aromatic nitrogens is 1. The van der Waals surface area contributed by atoms with Crippen LogP contribution in [0, 0.1) is 6.92 Å². The van der Waals surface area contributed by atoms with Crippen molar-refractivity contribution in [3.8, 4) is 0 Å². The smallest absolute Gasteiger partial charge is 0.0581 e. The van der Waals surface area contributed by atoms with Crippen molar-refractivity contribution in [1.29, 1.82) is 0 Å². The predicted octanol–water partition coefficient (Wildman–Crippen LogP) is 2.51. The average molecular weight is 225 g/mol. The molecule has 0 amide bonds. The average Bonchev–Trinajstić information content (AvgIpc) is 2.38. The zero-order valence-corrected chi connectivity index (χ0v) is 9.80. The number of aryl methyl sites for hydroxylation is 1. The van der Waals surface area contributed by atoms with Crippen LogP contribution in [-0.4, -0.2) is 11.2 Å². The fourth-order valence-electron chi connectivity index (χ4n) is 1.41. The van der Waals surface area contributed by atoms with Gasteiger partial charge in [-0.25, -0.2) is 0 Å². The van der Waals surface area contributed by atoms with E-state index in [-0.39, 0.29) is 0 Å². The topological polar surface area (TPSA) is 37.3 Å². The molecule has 0 bridgehead atoms. The van der Waals surface area contributed by atoms with Gasteiger partial charge in [-0.05, 0) is 30.2 Å². The monoisotopic (exact) mass is 225 g/mol. The summed E-state index contributed by atoms with van der Waals surface area (Å²) in [4.78, 5) is 3.96. The maximum Gasteiger partial charge on any atom is 0.0581 e. The lowest BCUT2D eigenvalue weighted by Crippen LogP contribution is -2.05. The van der Waals surface area contributed by atoms with Crippen LogP contribution in [0.2, 0.25) is 0 Å². The van der Waals surface area contributed by atoms with Gasteiger partial charge in [-0.1, -0.05) is 29.8 Å². The van der Waals surface area contributed by atoms with Gasteiger partial charge < -0.3 is 5.43 Å². The Morgan fingerprint density at radius 3 is 2.53 bits per heavy atom. The van der Waals surface area contributed by atoms with E-state index in [2.05, 4.69) is 34.6 Å². The second-order valence-corrected chi connectivity index (χ2v) is 3.86. The number of nitrogens with one attached hydrogen (secondary N) is 1. The Balaban J connectivity index is 1.84. The summed E-state index contributed by atoms with van der Waals surface area (Å²) >= 11 is 0. The molecule has 0 saturated carbocycles. The number of benzene rings is 1. The van der Waals surface area contributed by atoms with E-state index in [1.54, 1.807) is 12.4 Å². The fourth-order valence-corrected chi connectivity index (χ4v) is 1.41. The summed E-state index contributed by atoms with van der Waals surface area (Å²) in [6.07, 6.45) is 5.38. The third-order valence-corrected chi connectivity index (χ3v) is 2.41. The molecule has 17 heavy (non-hydrogen) atoms. The van der Waals surface area contributed by atoms with Gasteiger partial charge in [0.25, 0.3) is 0 Å². The molecule has 1 N–H and O–H groups in total. The van der Waals surface area contributed by atoms with E-state index in [1.807, 2.05) is 30.5 Å². The highest BCUT2D eigenvalue weighted by Crippen LogP contribution is 2.00. The van der Waals surface area contributed by atoms with Gasteiger partial charge in [0, 0.05) is 12.4 Å². The minimum atomic E-state index is 0.713. The maximum absolute atomic E-state index is 4.17. The standard InChI is InChI=1S/C14H15N3/c1-12-2-4-13(5-3-12)10-16-17-11-14-6-8-15-9-7-14/h2-10,17H,11H2,1H3. The molecule has 3 nitrogen and oxygen atoms in total. The largest absolute Gasteiger partial charge is 0.306 e. The van der Waals surface area contributed by atoms with Gasteiger partial charge in [0.05, 0.1) is 12.8 Å². The molecule has 0 radical (unpaired) electrons. The third-order valence-electron chi connectivity index (χ3n) is 2.41. The van der Waals surface area contributed by atoms with E-state index in [4.69, 9.17) is 0 Å². The number of hydrogen-bond donors (Lipinski definition) is 1.